The maximum atomic E-state index is 12.9. The molecule has 0 aliphatic rings. The van der Waals surface area contributed by atoms with Gasteiger partial charge in [0.1, 0.15) is 5.56 Å². The van der Waals surface area contributed by atoms with Crippen LogP contribution in [0.15, 0.2) is 48.5 Å². The number of nitro benzene ring substituents is 1. The molecule has 0 unspecified atom stereocenters. The highest BCUT2D eigenvalue weighted by molar-refractivity contribution is 5.98. The second-order valence-corrected chi connectivity index (χ2v) is 5.63. The summed E-state index contributed by atoms with van der Waals surface area (Å²) in [6.45, 7) is 3.11. The Morgan fingerprint density at radius 3 is 2.54 bits per heavy atom. The normalized spacial score (nSPS) is 10.4. The van der Waals surface area contributed by atoms with Crippen LogP contribution in [-0.2, 0) is 6.54 Å². The monoisotopic (exact) mass is 327 g/mol. The third-order valence-electron chi connectivity index (χ3n) is 3.71. The Kier molecular flexibility index (Phi) is 6.03. The zero-order valence-electron chi connectivity index (χ0n) is 13.6. The van der Waals surface area contributed by atoms with Gasteiger partial charge in [0.15, 0.2) is 0 Å². The predicted octanol–water partition coefficient (Wildman–Crippen LogP) is 2.89. The van der Waals surface area contributed by atoms with Gasteiger partial charge in [-0.2, -0.15) is 0 Å². The fraction of sp³-hybridized carbons (Fsp3) is 0.278. The minimum absolute atomic E-state index is 0.118. The average Bonchev–Trinajstić information content (AvgIpc) is 2.58. The number of hydrogen-bond acceptors (Lipinski definition) is 4. The van der Waals surface area contributed by atoms with E-state index in [1.807, 2.05) is 37.3 Å². The first-order valence-corrected chi connectivity index (χ1v) is 7.81. The molecule has 0 saturated carbocycles. The van der Waals surface area contributed by atoms with Gasteiger partial charge >= 0.3 is 0 Å². The van der Waals surface area contributed by atoms with Crippen molar-refractivity contribution in [2.75, 3.05) is 13.1 Å². The van der Waals surface area contributed by atoms with Crippen molar-refractivity contribution in [1.29, 1.82) is 0 Å². The first kappa shape index (κ1) is 17.6. The fourth-order valence-corrected chi connectivity index (χ4v) is 2.49. The molecule has 0 heterocycles. The molecule has 0 bridgehead atoms. The summed E-state index contributed by atoms with van der Waals surface area (Å²) in [4.78, 5) is 25.3. The molecule has 0 aromatic heterocycles. The Balaban J connectivity index is 2.33. The van der Waals surface area contributed by atoms with Crippen LogP contribution in [0.25, 0.3) is 0 Å². The zero-order chi connectivity index (χ0) is 17.5. The lowest BCUT2D eigenvalue weighted by Gasteiger charge is -2.23. The number of aryl methyl sites for hydroxylation is 1. The number of carbonyl (C=O) groups excluding carboxylic acids is 1. The maximum absolute atomic E-state index is 12.9. The van der Waals surface area contributed by atoms with Gasteiger partial charge in [0, 0.05) is 19.2 Å². The van der Waals surface area contributed by atoms with Crippen molar-refractivity contribution in [3.05, 3.63) is 75.3 Å². The van der Waals surface area contributed by atoms with Gasteiger partial charge in [0.05, 0.1) is 4.92 Å². The molecule has 0 saturated heterocycles. The van der Waals surface area contributed by atoms with Crippen molar-refractivity contribution in [2.45, 2.75) is 19.9 Å². The van der Waals surface area contributed by atoms with E-state index >= 15 is 0 Å². The van der Waals surface area contributed by atoms with E-state index in [9.17, 15) is 14.9 Å². The summed E-state index contributed by atoms with van der Waals surface area (Å²) in [5.41, 5.74) is 7.29. The van der Waals surface area contributed by atoms with Crippen molar-refractivity contribution < 1.29 is 9.72 Å². The van der Waals surface area contributed by atoms with E-state index in [0.717, 1.165) is 11.1 Å². The van der Waals surface area contributed by atoms with Gasteiger partial charge in [-0.25, -0.2) is 0 Å². The number of carbonyl (C=O) groups is 1. The lowest BCUT2D eigenvalue weighted by Crippen LogP contribution is -2.33. The predicted molar refractivity (Wildman–Crippen MR) is 92.7 cm³/mol. The van der Waals surface area contributed by atoms with Crippen LogP contribution >= 0.6 is 0 Å². The van der Waals surface area contributed by atoms with Gasteiger partial charge < -0.3 is 10.6 Å². The minimum atomic E-state index is -0.518. The van der Waals surface area contributed by atoms with Gasteiger partial charge in [0.25, 0.3) is 11.6 Å². The molecule has 0 radical (unpaired) electrons. The number of nitrogens with zero attached hydrogens (tertiary/aromatic N) is 2. The molecule has 6 heteroatoms. The molecule has 6 nitrogen and oxygen atoms in total. The summed E-state index contributed by atoms with van der Waals surface area (Å²) in [5.74, 6) is -0.345. The Hall–Kier alpha value is -2.73. The summed E-state index contributed by atoms with van der Waals surface area (Å²) in [6, 6.07) is 14.1. The number of amides is 1. The third-order valence-corrected chi connectivity index (χ3v) is 3.71. The van der Waals surface area contributed by atoms with Crippen molar-refractivity contribution in [3.8, 4) is 0 Å². The van der Waals surface area contributed by atoms with Crippen LogP contribution in [-0.4, -0.2) is 28.8 Å². The fourth-order valence-electron chi connectivity index (χ4n) is 2.49. The lowest BCUT2D eigenvalue weighted by atomic mass is 10.1. The smallest absolute Gasteiger partial charge is 0.282 e. The molecule has 0 aliphatic carbocycles. The van der Waals surface area contributed by atoms with Crippen LogP contribution < -0.4 is 5.73 Å². The minimum Gasteiger partial charge on any atom is -0.334 e. The number of nitrogens with two attached hydrogens (primary N) is 1. The van der Waals surface area contributed by atoms with E-state index in [1.54, 1.807) is 17.0 Å². The highest BCUT2D eigenvalue weighted by atomic mass is 16.6. The largest absolute Gasteiger partial charge is 0.334 e. The van der Waals surface area contributed by atoms with Crippen molar-refractivity contribution in [1.82, 2.24) is 4.90 Å². The molecular formula is C18H21N3O3. The summed E-state index contributed by atoms with van der Waals surface area (Å²) in [6.07, 6.45) is 0.637. The van der Waals surface area contributed by atoms with E-state index in [4.69, 9.17) is 5.73 Å². The molecular weight excluding hydrogens is 306 g/mol. The molecule has 0 fully saturated rings. The van der Waals surface area contributed by atoms with E-state index in [2.05, 4.69) is 0 Å². The first-order chi connectivity index (χ1) is 11.5. The topological polar surface area (TPSA) is 89.5 Å². The molecule has 24 heavy (non-hydrogen) atoms. The van der Waals surface area contributed by atoms with E-state index in [1.165, 1.54) is 6.07 Å². The number of benzene rings is 2. The van der Waals surface area contributed by atoms with Gasteiger partial charge in [-0.15, -0.1) is 0 Å². The van der Waals surface area contributed by atoms with E-state index in [0.29, 0.717) is 26.1 Å². The first-order valence-electron chi connectivity index (χ1n) is 7.81. The highest BCUT2D eigenvalue weighted by Gasteiger charge is 2.24. The van der Waals surface area contributed by atoms with Crippen LogP contribution in [0.1, 0.15) is 27.9 Å². The molecule has 0 spiro atoms. The number of hydrogen-bond donors (Lipinski definition) is 1. The number of nitro groups is 1. The average molecular weight is 327 g/mol. The molecule has 126 valence electrons. The SMILES string of the molecule is Cc1ccc([N+](=O)[O-])c(C(=O)N(CCCN)Cc2ccccc2)c1. The summed E-state index contributed by atoms with van der Waals surface area (Å²) in [5, 5.41) is 11.2. The van der Waals surface area contributed by atoms with E-state index in [-0.39, 0.29) is 17.2 Å². The highest BCUT2D eigenvalue weighted by Crippen LogP contribution is 2.22. The third kappa shape index (κ3) is 4.39. The molecule has 2 aromatic carbocycles. The second kappa shape index (κ2) is 8.21. The van der Waals surface area contributed by atoms with Crippen LogP contribution in [0.3, 0.4) is 0 Å². The second-order valence-electron chi connectivity index (χ2n) is 5.63. The van der Waals surface area contributed by atoms with Gasteiger partial charge in [-0.05, 0) is 37.1 Å². The molecule has 0 aliphatic heterocycles. The zero-order valence-corrected chi connectivity index (χ0v) is 13.6. The quantitative estimate of drug-likeness (QED) is 0.625. The summed E-state index contributed by atoms with van der Waals surface area (Å²) >= 11 is 0. The molecule has 0 atom stereocenters. The van der Waals surface area contributed by atoms with Crippen molar-refractivity contribution in [3.63, 3.8) is 0 Å². The van der Waals surface area contributed by atoms with Crippen LogP contribution in [0.4, 0.5) is 5.69 Å². The van der Waals surface area contributed by atoms with Gasteiger partial charge in [-0.3, -0.25) is 14.9 Å². The number of rotatable bonds is 7. The van der Waals surface area contributed by atoms with Crippen LogP contribution in [0.2, 0.25) is 0 Å². The van der Waals surface area contributed by atoms with Crippen molar-refractivity contribution in [2.24, 2.45) is 5.73 Å². The van der Waals surface area contributed by atoms with Crippen LogP contribution in [0, 0.1) is 17.0 Å². The molecule has 2 rings (SSSR count). The van der Waals surface area contributed by atoms with Crippen LogP contribution in [0.5, 0.6) is 0 Å². The Morgan fingerprint density at radius 2 is 1.92 bits per heavy atom. The van der Waals surface area contributed by atoms with Gasteiger partial charge in [-0.1, -0.05) is 36.4 Å². The molecule has 2 N–H and O–H groups in total. The Bertz CT molecular complexity index is 717. The maximum Gasteiger partial charge on any atom is 0.282 e. The Labute approximate surface area is 141 Å². The molecule has 1 amide bonds. The Morgan fingerprint density at radius 1 is 1.21 bits per heavy atom. The summed E-state index contributed by atoms with van der Waals surface area (Å²) in [7, 11) is 0. The molecule has 2 aromatic rings. The van der Waals surface area contributed by atoms with Gasteiger partial charge in [0.2, 0.25) is 0 Å². The standard InChI is InChI=1S/C18H21N3O3/c1-14-8-9-17(21(23)24)16(12-14)18(22)20(11-5-10-19)13-15-6-3-2-4-7-15/h2-4,6-9,12H,5,10-11,13,19H2,1H3. The van der Waals surface area contributed by atoms with E-state index < -0.39 is 4.92 Å². The van der Waals surface area contributed by atoms with Crippen molar-refractivity contribution >= 4 is 11.6 Å². The summed E-state index contributed by atoms with van der Waals surface area (Å²) < 4.78 is 0. The lowest BCUT2D eigenvalue weighted by molar-refractivity contribution is -0.385.